The molecule has 5 heteroatoms. The summed E-state index contributed by atoms with van der Waals surface area (Å²) in [5.74, 6) is -0.700. The minimum atomic E-state index is -0.484. The average molecular weight is 285 g/mol. The predicted octanol–water partition coefficient (Wildman–Crippen LogP) is 1.99. The Bertz CT molecular complexity index is 361. The van der Waals surface area contributed by atoms with Crippen molar-refractivity contribution in [2.24, 2.45) is 5.92 Å². The third-order valence-electron chi connectivity index (χ3n) is 3.79. The Hall–Kier alpha value is -1.10. The molecule has 20 heavy (non-hydrogen) atoms. The van der Waals surface area contributed by atoms with Crippen molar-refractivity contribution in [3.63, 3.8) is 0 Å². The lowest BCUT2D eigenvalue weighted by atomic mass is 10.0. The summed E-state index contributed by atoms with van der Waals surface area (Å²) in [6.45, 7) is 10.2. The van der Waals surface area contributed by atoms with Crippen molar-refractivity contribution in [1.29, 1.82) is 0 Å². The number of esters is 2. The van der Waals surface area contributed by atoms with Gasteiger partial charge in [-0.3, -0.25) is 14.5 Å². The number of carbonyl (C=O) groups excluding carboxylic acids is 2. The highest BCUT2D eigenvalue weighted by Crippen LogP contribution is 2.26. The number of methoxy groups -OCH3 is 1. The average Bonchev–Trinajstić information content (AvgIpc) is 2.83. The summed E-state index contributed by atoms with van der Waals surface area (Å²) in [5, 5.41) is 0. The van der Waals surface area contributed by atoms with Gasteiger partial charge in [0.25, 0.3) is 0 Å². The fourth-order valence-electron chi connectivity index (χ4n) is 2.57. The number of ether oxygens (including phenoxy) is 2. The largest absolute Gasteiger partial charge is 0.469 e. The van der Waals surface area contributed by atoms with Crippen molar-refractivity contribution in [2.75, 3.05) is 13.7 Å². The molecule has 0 bridgehead atoms. The molecular weight excluding hydrogens is 258 g/mol. The van der Waals surface area contributed by atoms with Crippen LogP contribution in [0, 0.1) is 5.92 Å². The molecule has 1 rings (SSSR count). The zero-order chi connectivity index (χ0) is 15.5. The van der Waals surface area contributed by atoms with Crippen LogP contribution in [-0.2, 0) is 19.1 Å². The molecule has 0 saturated carbocycles. The predicted molar refractivity (Wildman–Crippen MR) is 76.2 cm³/mol. The molecule has 1 fully saturated rings. The first-order valence-electron chi connectivity index (χ1n) is 7.24. The van der Waals surface area contributed by atoms with Crippen LogP contribution in [-0.4, -0.2) is 48.2 Å². The summed E-state index contributed by atoms with van der Waals surface area (Å²) in [5.41, 5.74) is -0.484. The first kappa shape index (κ1) is 17.0. The van der Waals surface area contributed by atoms with Crippen molar-refractivity contribution in [3.8, 4) is 0 Å². The van der Waals surface area contributed by atoms with E-state index >= 15 is 0 Å². The van der Waals surface area contributed by atoms with E-state index < -0.39 is 5.60 Å². The second-order valence-electron chi connectivity index (χ2n) is 6.48. The van der Waals surface area contributed by atoms with Crippen LogP contribution in [0.4, 0.5) is 0 Å². The zero-order valence-electron chi connectivity index (χ0n) is 13.4. The van der Waals surface area contributed by atoms with Crippen molar-refractivity contribution in [2.45, 2.75) is 65.1 Å². The van der Waals surface area contributed by atoms with E-state index in [9.17, 15) is 9.59 Å². The zero-order valence-corrected chi connectivity index (χ0v) is 13.4. The normalized spacial score (nSPS) is 23.2. The van der Waals surface area contributed by atoms with E-state index in [1.165, 1.54) is 7.11 Å². The van der Waals surface area contributed by atoms with E-state index in [2.05, 4.69) is 4.90 Å². The quantitative estimate of drug-likeness (QED) is 0.739. The van der Waals surface area contributed by atoms with E-state index in [0.717, 1.165) is 19.4 Å². The van der Waals surface area contributed by atoms with Gasteiger partial charge < -0.3 is 9.47 Å². The van der Waals surface area contributed by atoms with Gasteiger partial charge in [0.2, 0.25) is 0 Å². The van der Waals surface area contributed by atoms with Gasteiger partial charge in [-0.15, -0.1) is 0 Å². The number of hydrogen-bond acceptors (Lipinski definition) is 5. The van der Waals surface area contributed by atoms with Gasteiger partial charge in [0, 0.05) is 6.04 Å². The number of rotatable bonds is 4. The topological polar surface area (TPSA) is 55.8 Å². The molecule has 116 valence electrons. The summed E-state index contributed by atoms with van der Waals surface area (Å²) in [4.78, 5) is 26.0. The Morgan fingerprint density at radius 1 is 1.25 bits per heavy atom. The highest BCUT2D eigenvalue weighted by molar-refractivity contribution is 5.77. The van der Waals surface area contributed by atoms with Crippen LogP contribution in [0.1, 0.15) is 47.5 Å². The summed E-state index contributed by atoms with van der Waals surface area (Å²) >= 11 is 0. The molecule has 2 unspecified atom stereocenters. The van der Waals surface area contributed by atoms with Gasteiger partial charge in [0.1, 0.15) is 11.6 Å². The lowest BCUT2D eigenvalue weighted by Gasteiger charge is -2.33. The monoisotopic (exact) mass is 285 g/mol. The van der Waals surface area contributed by atoms with Crippen LogP contribution < -0.4 is 0 Å². The number of likely N-dealkylation sites (tertiary alicyclic amines) is 1. The minimum Gasteiger partial charge on any atom is -0.469 e. The molecule has 0 aromatic rings. The summed E-state index contributed by atoms with van der Waals surface area (Å²) in [7, 11) is 1.39. The van der Waals surface area contributed by atoms with Crippen LogP contribution in [0.2, 0.25) is 0 Å². The molecule has 1 aliphatic heterocycles. The van der Waals surface area contributed by atoms with Crippen molar-refractivity contribution < 1.29 is 19.1 Å². The minimum absolute atomic E-state index is 0.0394. The van der Waals surface area contributed by atoms with Gasteiger partial charge in [0.15, 0.2) is 0 Å². The smallest absolute Gasteiger partial charge is 0.323 e. The van der Waals surface area contributed by atoms with Gasteiger partial charge in [-0.1, -0.05) is 6.92 Å². The molecule has 0 N–H and O–H groups in total. The first-order chi connectivity index (χ1) is 9.17. The van der Waals surface area contributed by atoms with E-state index in [-0.39, 0.29) is 29.9 Å². The summed E-state index contributed by atoms with van der Waals surface area (Å²) in [6, 6.07) is -0.293. The van der Waals surface area contributed by atoms with Crippen molar-refractivity contribution in [1.82, 2.24) is 4.90 Å². The SMILES string of the molecule is COC(=O)C(C)C(C)N1CCC[C@H]1C(=O)OC(C)(C)C. The molecule has 5 nitrogen and oxygen atoms in total. The Morgan fingerprint density at radius 3 is 2.35 bits per heavy atom. The van der Waals surface area contributed by atoms with Gasteiger partial charge in [0.05, 0.1) is 13.0 Å². The molecule has 0 aromatic heterocycles. The third-order valence-corrected chi connectivity index (χ3v) is 3.79. The Labute approximate surface area is 121 Å². The molecule has 1 saturated heterocycles. The van der Waals surface area contributed by atoms with Gasteiger partial charge in [-0.05, 0) is 47.1 Å². The molecular formula is C15H27NO4. The third kappa shape index (κ3) is 4.20. The molecule has 0 aromatic carbocycles. The Morgan fingerprint density at radius 2 is 1.85 bits per heavy atom. The van der Waals surface area contributed by atoms with Crippen LogP contribution in [0.5, 0.6) is 0 Å². The molecule has 0 spiro atoms. The second-order valence-corrected chi connectivity index (χ2v) is 6.48. The first-order valence-corrected chi connectivity index (χ1v) is 7.24. The van der Waals surface area contributed by atoms with Crippen LogP contribution in [0.25, 0.3) is 0 Å². The molecule has 0 amide bonds. The lowest BCUT2D eigenvalue weighted by molar-refractivity contribution is -0.162. The van der Waals surface area contributed by atoms with E-state index in [1.807, 2.05) is 34.6 Å². The summed E-state index contributed by atoms with van der Waals surface area (Å²) in [6.07, 6.45) is 1.73. The maximum absolute atomic E-state index is 12.3. The maximum Gasteiger partial charge on any atom is 0.323 e. The van der Waals surface area contributed by atoms with Crippen molar-refractivity contribution >= 4 is 11.9 Å². The van der Waals surface area contributed by atoms with Crippen LogP contribution in [0.15, 0.2) is 0 Å². The molecule has 0 radical (unpaired) electrons. The molecule has 1 aliphatic rings. The Balaban J connectivity index is 2.74. The summed E-state index contributed by atoms with van der Waals surface area (Å²) < 4.78 is 10.3. The van der Waals surface area contributed by atoms with E-state index in [1.54, 1.807) is 0 Å². The Kier molecular flexibility index (Phi) is 5.57. The highest BCUT2D eigenvalue weighted by atomic mass is 16.6. The van der Waals surface area contributed by atoms with E-state index in [4.69, 9.17) is 9.47 Å². The molecule has 3 atom stereocenters. The highest BCUT2D eigenvalue weighted by Gasteiger charge is 2.39. The molecule has 1 heterocycles. The van der Waals surface area contributed by atoms with E-state index in [0.29, 0.717) is 0 Å². The van der Waals surface area contributed by atoms with Gasteiger partial charge in [-0.25, -0.2) is 0 Å². The fraction of sp³-hybridized carbons (Fsp3) is 0.867. The van der Waals surface area contributed by atoms with Gasteiger partial charge in [-0.2, -0.15) is 0 Å². The number of hydrogen-bond donors (Lipinski definition) is 0. The number of nitrogens with zero attached hydrogens (tertiary/aromatic N) is 1. The van der Waals surface area contributed by atoms with Crippen LogP contribution in [0.3, 0.4) is 0 Å². The lowest BCUT2D eigenvalue weighted by Crippen LogP contribution is -2.48. The second kappa shape index (κ2) is 6.57. The van der Waals surface area contributed by atoms with Gasteiger partial charge >= 0.3 is 11.9 Å². The standard InChI is InChI=1S/C15H27NO4/c1-10(13(17)19-6)11(2)16-9-7-8-12(16)14(18)20-15(3,4)5/h10-12H,7-9H2,1-6H3/t10?,11?,12-/m0/s1. The number of carbonyl (C=O) groups is 2. The van der Waals surface area contributed by atoms with Crippen molar-refractivity contribution in [3.05, 3.63) is 0 Å². The fourth-order valence-corrected chi connectivity index (χ4v) is 2.57. The van der Waals surface area contributed by atoms with Crippen LogP contribution >= 0.6 is 0 Å². The molecule has 0 aliphatic carbocycles. The maximum atomic E-state index is 12.3.